The lowest BCUT2D eigenvalue weighted by atomic mass is 10.1. The van der Waals surface area contributed by atoms with Gasteiger partial charge >= 0.3 is 0 Å². The number of carbonyl (C=O) groups excluding carboxylic acids is 1. The van der Waals surface area contributed by atoms with Crippen molar-refractivity contribution in [2.45, 2.75) is 26.7 Å². The number of halogens is 1. The number of ether oxygens (including phenoxy) is 1. The van der Waals surface area contributed by atoms with Gasteiger partial charge in [-0.3, -0.25) is 9.79 Å². The van der Waals surface area contributed by atoms with Gasteiger partial charge in [0.05, 0.1) is 24.4 Å². The monoisotopic (exact) mass is 416 g/mol. The Morgan fingerprint density at radius 3 is 2.69 bits per heavy atom. The summed E-state index contributed by atoms with van der Waals surface area (Å²) >= 11 is 6.16. The molecule has 6 nitrogen and oxygen atoms in total. The Labute approximate surface area is 177 Å². The fourth-order valence-corrected chi connectivity index (χ4v) is 3.05. The predicted octanol–water partition coefficient (Wildman–Crippen LogP) is 3.78. The molecule has 0 heterocycles. The molecule has 0 aromatic heterocycles. The molecule has 0 saturated carbocycles. The molecule has 0 radical (unpaired) electrons. The maximum Gasteiger partial charge on any atom is 0.226 e. The Kier molecular flexibility index (Phi) is 9.31. The zero-order valence-electron chi connectivity index (χ0n) is 17.2. The van der Waals surface area contributed by atoms with Gasteiger partial charge in [0.15, 0.2) is 5.96 Å². The maximum atomic E-state index is 12.2. The van der Waals surface area contributed by atoms with Crippen LogP contribution < -0.4 is 20.7 Å². The van der Waals surface area contributed by atoms with E-state index in [0.717, 1.165) is 29.8 Å². The van der Waals surface area contributed by atoms with E-state index < -0.39 is 0 Å². The minimum absolute atomic E-state index is 0.121. The minimum atomic E-state index is -0.121. The molecule has 0 aliphatic carbocycles. The van der Waals surface area contributed by atoms with Gasteiger partial charge in [0.25, 0.3) is 0 Å². The molecule has 0 unspecified atom stereocenters. The standard InChI is InChI=1S/C22H29ClN4O2/c1-4-24-22(25-13-11-17-7-5-6-8-20(17)29-3)26-14-12-21(28)27-19-10-9-16(2)15-18(19)23/h5-10,15H,4,11-14H2,1-3H3,(H,27,28)(H2,24,25,26). The van der Waals surface area contributed by atoms with Crippen molar-refractivity contribution in [3.05, 3.63) is 58.6 Å². The van der Waals surface area contributed by atoms with Crippen LogP contribution in [-0.2, 0) is 11.2 Å². The molecule has 0 fully saturated rings. The van der Waals surface area contributed by atoms with Gasteiger partial charge in [-0.05, 0) is 49.6 Å². The number of anilines is 1. The fourth-order valence-electron chi connectivity index (χ4n) is 2.77. The molecule has 29 heavy (non-hydrogen) atoms. The maximum absolute atomic E-state index is 12.2. The van der Waals surface area contributed by atoms with Crippen LogP contribution in [0.3, 0.4) is 0 Å². The highest BCUT2D eigenvalue weighted by molar-refractivity contribution is 6.33. The molecule has 2 aromatic carbocycles. The number of guanidine groups is 1. The van der Waals surface area contributed by atoms with Gasteiger partial charge in [0.1, 0.15) is 5.75 Å². The topological polar surface area (TPSA) is 74.8 Å². The summed E-state index contributed by atoms with van der Waals surface area (Å²) in [6.07, 6.45) is 1.08. The van der Waals surface area contributed by atoms with Crippen LogP contribution >= 0.6 is 11.6 Å². The van der Waals surface area contributed by atoms with Crippen molar-refractivity contribution in [1.82, 2.24) is 10.6 Å². The van der Waals surface area contributed by atoms with Crippen LogP contribution in [0.1, 0.15) is 24.5 Å². The smallest absolute Gasteiger partial charge is 0.226 e. The number of nitrogens with one attached hydrogen (secondary N) is 3. The van der Waals surface area contributed by atoms with E-state index in [-0.39, 0.29) is 12.3 Å². The lowest BCUT2D eigenvalue weighted by Crippen LogP contribution is -2.38. The number of hydrogen-bond acceptors (Lipinski definition) is 3. The lowest BCUT2D eigenvalue weighted by molar-refractivity contribution is -0.116. The van der Waals surface area contributed by atoms with Gasteiger partial charge in [-0.15, -0.1) is 0 Å². The average molecular weight is 417 g/mol. The van der Waals surface area contributed by atoms with Gasteiger partial charge in [-0.25, -0.2) is 0 Å². The Bertz CT molecular complexity index is 839. The first-order valence-electron chi connectivity index (χ1n) is 9.73. The van der Waals surface area contributed by atoms with Crippen LogP contribution in [0.25, 0.3) is 0 Å². The normalized spacial score (nSPS) is 11.1. The van der Waals surface area contributed by atoms with Crippen molar-refractivity contribution >= 4 is 29.2 Å². The molecule has 0 atom stereocenters. The molecule has 2 aromatic rings. The fraction of sp³-hybridized carbons (Fsp3) is 0.364. The summed E-state index contributed by atoms with van der Waals surface area (Å²) in [6, 6.07) is 13.5. The van der Waals surface area contributed by atoms with Crippen molar-refractivity contribution in [3.8, 4) is 5.75 Å². The molecular formula is C22H29ClN4O2. The quantitative estimate of drug-likeness (QED) is 0.429. The highest BCUT2D eigenvalue weighted by Crippen LogP contribution is 2.22. The molecule has 156 valence electrons. The largest absolute Gasteiger partial charge is 0.496 e. The summed E-state index contributed by atoms with van der Waals surface area (Å²) in [7, 11) is 1.67. The van der Waals surface area contributed by atoms with E-state index in [9.17, 15) is 4.79 Å². The van der Waals surface area contributed by atoms with Gasteiger partial charge in [-0.1, -0.05) is 35.9 Å². The van der Waals surface area contributed by atoms with Crippen LogP contribution in [0.15, 0.2) is 47.5 Å². The molecule has 0 saturated heterocycles. The summed E-state index contributed by atoms with van der Waals surface area (Å²) in [6.45, 7) is 5.78. The summed E-state index contributed by atoms with van der Waals surface area (Å²) in [5.74, 6) is 1.44. The second kappa shape index (κ2) is 12.0. The number of carbonyl (C=O) groups is 1. The summed E-state index contributed by atoms with van der Waals surface area (Å²) in [5, 5.41) is 9.84. The third-order valence-electron chi connectivity index (χ3n) is 4.23. The number of benzene rings is 2. The number of aryl methyl sites for hydroxylation is 1. The van der Waals surface area contributed by atoms with E-state index >= 15 is 0 Å². The Morgan fingerprint density at radius 1 is 1.17 bits per heavy atom. The molecule has 1 amide bonds. The highest BCUT2D eigenvalue weighted by Gasteiger charge is 2.07. The van der Waals surface area contributed by atoms with Crippen LogP contribution in [-0.4, -0.2) is 38.6 Å². The summed E-state index contributed by atoms with van der Waals surface area (Å²) in [5.41, 5.74) is 2.80. The van der Waals surface area contributed by atoms with E-state index in [1.807, 2.05) is 56.3 Å². The lowest BCUT2D eigenvalue weighted by Gasteiger charge is -2.13. The number of methoxy groups -OCH3 is 1. The highest BCUT2D eigenvalue weighted by atomic mass is 35.5. The molecule has 0 bridgehead atoms. The van der Waals surface area contributed by atoms with E-state index in [0.29, 0.717) is 29.8 Å². The molecular weight excluding hydrogens is 388 g/mol. The van der Waals surface area contributed by atoms with Crippen molar-refractivity contribution in [2.75, 3.05) is 32.1 Å². The van der Waals surface area contributed by atoms with E-state index in [2.05, 4.69) is 20.9 Å². The number of hydrogen-bond donors (Lipinski definition) is 3. The predicted molar refractivity (Wildman–Crippen MR) is 120 cm³/mol. The van der Waals surface area contributed by atoms with Gasteiger partial charge in [-0.2, -0.15) is 0 Å². The second-order valence-electron chi connectivity index (χ2n) is 6.53. The zero-order valence-corrected chi connectivity index (χ0v) is 18.0. The Balaban J connectivity index is 1.82. The van der Waals surface area contributed by atoms with E-state index in [1.54, 1.807) is 7.11 Å². The van der Waals surface area contributed by atoms with Crippen LogP contribution in [0.5, 0.6) is 5.75 Å². The van der Waals surface area contributed by atoms with E-state index in [1.165, 1.54) is 0 Å². The second-order valence-corrected chi connectivity index (χ2v) is 6.94. The van der Waals surface area contributed by atoms with Gasteiger partial charge < -0.3 is 20.7 Å². The first-order valence-corrected chi connectivity index (χ1v) is 10.1. The van der Waals surface area contributed by atoms with Gasteiger partial charge in [0.2, 0.25) is 5.91 Å². The Hall–Kier alpha value is -2.73. The molecule has 0 aliphatic heterocycles. The van der Waals surface area contributed by atoms with Crippen LogP contribution in [0.4, 0.5) is 5.69 Å². The number of amides is 1. The first-order chi connectivity index (χ1) is 14.0. The molecule has 7 heteroatoms. The van der Waals surface area contributed by atoms with Gasteiger partial charge in [0, 0.05) is 19.5 Å². The minimum Gasteiger partial charge on any atom is -0.496 e. The zero-order chi connectivity index (χ0) is 21.1. The number of rotatable bonds is 9. The number of nitrogens with zero attached hydrogens (tertiary/aromatic N) is 1. The first kappa shape index (κ1) is 22.6. The van der Waals surface area contributed by atoms with Crippen molar-refractivity contribution < 1.29 is 9.53 Å². The third-order valence-corrected chi connectivity index (χ3v) is 4.54. The van der Waals surface area contributed by atoms with Crippen molar-refractivity contribution in [3.63, 3.8) is 0 Å². The average Bonchev–Trinajstić information content (AvgIpc) is 2.70. The number of para-hydroxylation sites is 1. The summed E-state index contributed by atoms with van der Waals surface area (Å²) in [4.78, 5) is 16.6. The van der Waals surface area contributed by atoms with Crippen molar-refractivity contribution in [1.29, 1.82) is 0 Å². The summed E-state index contributed by atoms with van der Waals surface area (Å²) < 4.78 is 5.38. The third kappa shape index (κ3) is 7.66. The Morgan fingerprint density at radius 2 is 1.97 bits per heavy atom. The van der Waals surface area contributed by atoms with Crippen LogP contribution in [0.2, 0.25) is 5.02 Å². The van der Waals surface area contributed by atoms with Crippen molar-refractivity contribution in [2.24, 2.45) is 4.99 Å². The van der Waals surface area contributed by atoms with E-state index in [4.69, 9.17) is 16.3 Å². The molecule has 3 N–H and O–H groups in total. The molecule has 0 spiro atoms. The van der Waals surface area contributed by atoms with Crippen LogP contribution in [0, 0.1) is 6.92 Å². The molecule has 2 rings (SSSR count). The number of aliphatic imine (C=N–C) groups is 1. The molecule has 0 aliphatic rings. The SMILES string of the molecule is CCNC(=NCCC(=O)Nc1ccc(C)cc1Cl)NCCc1ccccc1OC.